The highest BCUT2D eigenvalue weighted by molar-refractivity contribution is 5.99. The zero-order valence-corrected chi connectivity index (χ0v) is 18.0. The highest BCUT2D eigenvalue weighted by Gasteiger charge is 2.26. The van der Waals surface area contributed by atoms with Crippen molar-refractivity contribution >= 4 is 28.3 Å². The number of benzene rings is 2. The molecular formula is C27H25N3O2. The van der Waals surface area contributed by atoms with E-state index in [1.807, 2.05) is 72.2 Å². The number of para-hydroxylation sites is 2. The Kier molecular flexibility index (Phi) is 5.31. The van der Waals surface area contributed by atoms with Crippen LogP contribution < -0.4 is 10.7 Å². The van der Waals surface area contributed by atoms with Crippen LogP contribution in [0.15, 0.2) is 77.6 Å². The molecule has 0 unspecified atom stereocenters. The first-order chi connectivity index (χ1) is 15.6. The number of pyridine rings is 2. The van der Waals surface area contributed by atoms with Crippen LogP contribution in [-0.4, -0.2) is 15.3 Å². The fourth-order valence-electron chi connectivity index (χ4n) is 4.62. The number of hydrogen-bond donors (Lipinski definition) is 1. The van der Waals surface area contributed by atoms with Gasteiger partial charge in [0.25, 0.3) is 0 Å². The average Bonchev–Trinajstić information content (AvgIpc) is 3.34. The number of nitrogens with one attached hydrogen (secondary N) is 1. The van der Waals surface area contributed by atoms with Gasteiger partial charge in [-0.3, -0.25) is 14.2 Å². The molecule has 0 bridgehead atoms. The second-order valence-electron chi connectivity index (χ2n) is 8.42. The van der Waals surface area contributed by atoms with Gasteiger partial charge in [0.05, 0.1) is 5.39 Å². The smallest absolute Gasteiger partial charge is 0.193 e. The molecule has 4 aromatic rings. The molecule has 1 saturated carbocycles. The standard InChI is InChI=1S/C27H25N3O2/c1-18-16-22(26(32)19-10-8-9-11-19)29-27-25(18)23(31)17-24(28-20-12-4-2-5-13-20)30(27)21-14-6-3-7-15-21/h2-7,12-17,19,28H,8-11H2,1H3. The maximum atomic E-state index is 13.2. The molecule has 160 valence electrons. The lowest BCUT2D eigenvalue weighted by Gasteiger charge is -2.19. The molecule has 1 aliphatic carbocycles. The summed E-state index contributed by atoms with van der Waals surface area (Å²) in [5.41, 5.74) is 3.35. The van der Waals surface area contributed by atoms with Gasteiger partial charge in [-0.25, -0.2) is 4.98 Å². The topological polar surface area (TPSA) is 64.0 Å². The van der Waals surface area contributed by atoms with Crippen LogP contribution in [0.4, 0.5) is 11.5 Å². The van der Waals surface area contributed by atoms with Crippen LogP contribution in [0.1, 0.15) is 41.7 Å². The number of rotatable bonds is 5. The van der Waals surface area contributed by atoms with E-state index in [0.717, 1.165) is 42.6 Å². The van der Waals surface area contributed by atoms with Gasteiger partial charge in [0.2, 0.25) is 0 Å². The summed E-state index contributed by atoms with van der Waals surface area (Å²) in [6.07, 6.45) is 4.00. The Morgan fingerprint density at radius 1 is 0.969 bits per heavy atom. The van der Waals surface area contributed by atoms with Gasteiger partial charge in [0.1, 0.15) is 11.5 Å². The summed E-state index contributed by atoms with van der Waals surface area (Å²) < 4.78 is 1.93. The zero-order valence-electron chi connectivity index (χ0n) is 18.0. The quantitative estimate of drug-likeness (QED) is 0.411. The van der Waals surface area contributed by atoms with E-state index in [9.17, 15) is 9.59 Å². The summed E-state index contributed by atoms with van der Waals surface area (Å²) in [6.45, 7) is 1.89. The number of Topliss-reactive ketones (excluding diaryl/α,β-unsaturated/α-hetero) is 1. The number of carbonyl (C=O) groups excluding carboxylic acids is 1. The average molecular weight is 424 g/mol. The zero-order chi connectivity index (χ0) is 22.1. The number of anilines is 2. The van der Waals surface area contributed by atoms with Crippen LogP contribution in [0.3, 0.4) is 0 Å². The number of aryl methyl sites for hydroxylation is 1. The van der Waals surface area contributed by atoms with E-state index in [0.29, 0.717) is 22.5 Å². The normalized spacial score (nSPS) is 14.0. The first-order valence-electron chi connectivity index (χ1n) is 11.1. The highest BCUT2D eigenvalue weighted by Crippen LogP contribution is 2.30. The van der Waals surface area contributed by atoms with Crippen molar-refractivity contribution in [2.24, 2.45) is 5.92 Å². The number of nitrogens with zero attached hydrogens (tertiary/aromatic N) is 2. The minimum atomic E-state index is -0.115. The van der Waals surface area contributed by atoms with Crippen LogP contribution >= 0.6 is 0 Å². The third kappa shape index (κ3) is 3.71. The monoisotopic (exact) mass is 423 g/mol. The summed E-state index contributed by atoms with van der Waals surface area (Å²) in [6, 6.07) is 22.9. The maximum Gasteiger partial charge on any atom is 0.193 e. The number of carbonyl (C=O) groups is 1. The van der Waals surface area contributed by atoms with Crippen molar-refractivity contribution in [2.75, 3.05) is 5.32 Å². The van der Waals surface area contributed by atoms with E-state index >= 15 is 0 Å². The van der Waals surface area contributed by atoms with Crippen LogP contribution in [0.5, 0.6) is 0 Å². The Hall–Kier alpha value is -3.73. The van der Waals surface area contributed by atoms with Gasteiger partial charge in [-0.15, -0.1) is 0 Å². The first-order valence-corrected chi connectivity index (χ1v) is 11.1. The van der Waals surface area contributed by atoms with Gasteiger partial charge in [0, 0.05) is 23.4 Å². The van der Waals surface area contributed by atoms with Crippen LogP contribution in [0.25, 0.3) is 16.7 Å². The molecule has 32 heavy (non-hydrogen) atoms. The molecule has 1 fully saturated rings. The Bertz CT molecular complexity index is 1340. The van der Waals surface area contributed by atoms with Gasteiger partial charge in [0.15, 0.2) is 16.9 Å². The molecule has 0 amide bonds. The summed E-state index contributed by atoms with van der Waals surface area (Å²) in [5, 5.41) is 3.90. The van der Waals surface area contributed by atoms with E-state index < -0.39 is 0 Å². The number of hydrogen-bond acceptors (Lipinski definition) is 4. The molecule has 0 radical (unpaired) electrons. The van der Waals surface area contributed by atoms with Crippen molar-refractivity contribution in [3.05, 3.63) is 94.3 Å². The third-order valence-electron chi connectivity index (χ3n) is 6.20. The van der Waals surface area contributed by atoms with Crippen LogP contribution in [0.2, 0.25) is 0 Å². The first kappa shape index (κ1) is 20.2. The Morgan fingerprint density at radius 2 is 1.62 bits per heavy atom. The van der Waals surface area contributed by atoms with Crippen molar-refractivity contribution < 1.29 is 4.79 Å². The van der Waals surface area contributed by atoms with Crippen molar-refractivity contribution in [3.8, 4) is 5.69 Å². The molecule has 5 heteroatoms. The predicted octanol–water partition coefficient (Wildman–Crippen LogP) is 5.81. The summed E-state index contributed by atoms with van der Waals surface area (Å²) in [4.78, 5) is 31.1. The van der Waals surface area contributed by atoms with E-state index in [-0.39, 0.29) is 17.1 Å². The Labute approximate surface area is 186 Å². The van der Waals surface area contributed by atoms with Crippen molar-refractivity contribution in [1.82, 2.24) is 9.55 Å². The third-order valence-corrected chi connectivity index (χ3v) is 6.20. The largest absolute Gasteiger partial charge is 0.341 e. The minimum Gasteiger partial charge on any atom is -0.341 e. The van der Waals surface area contributed by atoms with Crippen molar-refractivity contribution in [3.63, 3.8) is 0 Å². The van der Waals surface area contributed by atoms with E-state index in [2.05, 4.69) is 5.32 Å². The molecule has 2 aromatic heterocycles. The molecule has 0 aliphatic heterocycles. The van der Waals surface area contributed by atoms with E-state index in [1.165, 1.54) is 0 Å². The summed E-state index contributed by atoms with van der Waals surface area (Å²) in [5.74, 6) is 0.722. The molecule has 5 nitrogen and oxygen atoms in total. The number of ketones is 1. The predicted molar refractivity (Wildman–Crippen MR) is 128 cm³/mol. The van der Waals surface area contributed by atoms with Crippen molar-refractivity contribution in [1.29, 1.82) is 0 Å². The molecule has 1 aliphatic rings. The summed E-state index contributed by atoms with van der Waals surface area (Å²) >= 11 is 0. The molecule has 0 spiro atoms. The van der Waals surface area contributed by atoms with E-state index in [4.69, 9.17) is 4.98 Å². The van der Waals surface area contributed by atoms with Gasteiger partial charge in [-0.2, -0.15) is 0 Å². The molecule has 2 heterocycles. The lowest BCUT2D eigenvalue weighted by atomic mass is 9.98. The molecule has 0 atom stereocenters. The molecular weight excluding hydrogens is 398 g/mol. The fraction of sp³-hybridized carbons (Fsp3) is 0.222. The van der Waals surface area contributed by atoms with Gasteiger partial charge in [-0.05, 0) is 55.7 Å². The van der Waals surface area contributed by atoms with Gasteiger partial charge in [-0.1, -0.05) is 49.2 Å². The molecule has 5 rings (SSSR count). The Morgan fingerprint density at radius 3 is 2.31 bits per heavy atom. The van der Waals surface area contributed by atoms with Crippen LogP contribution in [0, 0.1) is 12.8 Å². The SMILES string of the molecule is Cc1cc(C(=O)C2CCCC2)nc2c1c(=O)cc(Nc1ccccc1)n2-c1ccccc1. The van der Waals surface area contributed by atoms with Crippen LogP contribution in [-0.2, 0) is 0 Å². The fourth-order valence-corrected chi connectivity index (χ4v) is 4.62. The van der Waals surface area contributed by atoms with E-state index in [1.54, 1.807) is 12.1 Å². The minimum absolute atomic E-state index is 0.0295. The summed E-state index contributed by atoms with van der Waals surface area (Å²) in [7, 11) is 0. The second kappa shape index (κ2) is 8.42. The lowest BCUT2D eigenvalue weighted by molar-refractivity contribution is 0.0918. The second-order valence-corrected chi connectivity index (χ2v) is 8.42. The van der Waals surface area contributed by atoms with Crippen molar-refractivity contribution in [2.45, 2.75) is 32.6 Å². The molecule has 1 N–H and O–H groups in total. The highest BCUT2D eigenvalue weighted by atomic mass is 16.1. The molecule has 2 aromatic carbocycles. The number of aromatic nitrogens is 2. The molecule has 0 saturated heterocycles. The Balaban J connectivity index is 1.76. The van der Waals surface area contributed by atoms with Gasteiger partial charge < -0.3 is 5.32 Å². The van der Waals surface area contributed by atoms with Gasteiger partial charge >= 0.3 is 0 Å². The number of fused-ring (bicyclic) bond motifs is 1. The maximum absolute atomic E-state index is 13.2. The lowest BCUT2D eigenvalue weighted by Crippen LogP contribution is -2.18.